The van der Waals surface area contributed by atoms with Gasteiger partial charge in [0.1, 0.15) is 0 Å². The van der Waals surface area contributed by atoms with Crippen LogP contribution in [0.25, 0.3) is 0 Å². The molecule has 0 bridgehead atoms. The fourth-order valence-corrected chi connectivity index (χ4v) is 1.91. The molecule has 15 heavy (non-hydrogen) atoms. The number of carbonyl (C=O) groups excluding carboxylic acids is 1. The number of halogens is 1. The highest BCUT2D eigenvalue weighted by atomic mass is 35.5. The van der Waals surface area contributed by atoms with Gasteiger partial charge in [-0.1, -0.05) is 13.3 Å². The van der Waals surface area contributed by atoms with Gasteiger partial charge in [-0.3, -0.25) is 4.79 Å². The van der Waals surface area contributed by atoms with Crippen molar-refractivity contribution >= 4 is 17.5 Å². The van der Waals surface area contributed by atoms with Crippen molar-refractivity contribution in [3.8, 4) is 0 Å². The first-order chi connectivity index (χ1) is 6.96. The van der Waals surface area contributed by atoms with Crippen LogP contribution < -0.4 is 5.32 Å². The van der Waals surface area contributed by atoms with Crippen LogP contribution >= 0.6 is 11.6 Å². The van der Waals surface area contributed by atoms with Gasteiger partial charge >= 0.3 is 0 Å². The molecule has 1 N–H and O–H groups in total. The van der Waals surface area contributed by atoms with Crippen molar-refractivity contribution in [3.63, 3.8) is 0 Å². The van der Waals surface area contributed by atoms with Crippen LogP contribution in [0.2, 0.25) is 0 Å². The Morgan fingerprint density at radius 2 is 2.07 bits per heavy atom. The zero-order valence-electron chi connectivity index (χ0n) is 10.0. The molecule has 1 saturated carbocycles. The maximum Gasteiger partial charge on any atom is 0.226 e. The van der Waals surface area contributed by atoms with Crippen molar-refractivity contribution in [1.29, 1.82) is 0 Å². The van der Waals surface area contributed by atoms with Gasteiger partial charge in [0.05, 0.1) is 5.41 Å². The molecule has 0 aliphatic heterocycles. The van der Waals surface area contributed by atoms with Crippen molar-refractivity contribution in [1.82, 2.24) is 5.32 Å². The third-order valence-corrected chi connectivity index (χ3v) is 3.98. The maximum atomic E-state index is 11.8. The molecule has 0 aromatic rings. The first kappa shape index (κ1) is 12.8. The summed E-state index contributed by atoms with van der Waals surface area (Å²) in [5.41, 5.74) is -0.0172. The molecule has 0 radical (unpaired) electrons. The van der Waals surface area contributed by atoms with E-state index in [0.29, 0.717) is 11.3 Å². The van der Waals surface area contributed by atoms with E-state index in [9.17, 15) is 4.79 Å². The lowest BCUT2D eigenvalue weighted by Crippen LogP contribution is -2.40. The Labute approximate surface area is 97.8 Å². The smallest absolute Gasteiger partial charge is 0.226 e. The topological polar surface area (TPSA) is 29.1 Å². The van der Waals surface area contributed by atoms with Gasteiger partial charge in [-0.2, -0.15) is 0 Å². The number of hydrogen-bond donors (Lipinski definition) is 1. The fraction of sp³-hybridized carbons (Fsp3) is 0.917. The van der Waals surface area contributed by atoms with E-state index in [1.807, 2.05) is 13.8 Å². The Morgan fingerprint density at radius 1 is 1.47 bits per heavy atom. The summed E-state index contributed by atoms with van der Waals surface area (Å²) in [6.45, 7) is 6.80. The number of rotatable bonds is 6. The molecule has 0 spiro atoms. The van der Waals surface area contributed by atoms with E-state index in [1.54, 1.807) is 0 Å². The van der Waals surface area contributed by atoms with Crippen LogP contribution in [0.15, 0.2) is 0 Å². The van der Waals surface area contributed by atoms with Gasteiger partial charge in [0.2, 0.25) is 5.91 Å². The average molecular weight is 232 g/mol. The normalized spacial score (nSPS) is 18.7. The average Bonchev–Trinajstić information content (AvgIpc) is 2.95. The minimum atomic E-state index is -0.441. The summed E-state index contributed by atoms with van der Waals surface area (Å²) in [7, 11) is 0. The highest BCUT2D eigenvalue weighted by molar-refractivity contribution is 6.19. The SMILES string of the molecule is CCCC1(CNC(=O)C(C)(C)CCl)CC1. The summed E-state index contributed by atoms with van der Waals surface area (Å²) in [5.74, 6) is 0.458. The lowest BCUT2D eigenvalue weighted by molar-refractivity contribution is -0.128. The zero-order valence-corrected chi connectivity index (χ0v) is 10.8. The Morgan fingerprint density at radius 3 is 2.47 bits per heavy atom. The fourth-order valence-electron chi connectivity index (χ4n) is 1.79. The molecule has 1 fully saturated rings. The van der Waals surface area contributed by atoms with Crippen molar-refractivity contribution in [2.24, 2.45) is 10.8 Å². The quantitative estimate of drug-likeness (QED) is 0.700. The number of hydrogen-bond acceptors (Lipinski definition) is 1. The summed E-state index contributed by atoms with van der Waals surface area (Å²) >= 11 is 5.75. The predicted molar refractivity (Wildman–Crippen MR) is 64.1 cm³/mol. The second kappa shape index (κ2) is 4.73. The summed E-state index contributed by atoms with van der Waals surface area (Å²) in [5, 5.41) is 3.04. The number of alkyl halides is 1. The van der Waals surface area contributed by atoms with Gasteiger partial charge in [0.25, 0.3) is 0 Å². The van der Waals surface area contributed by atoms with Gasteiger partial charge in [-0.15, -0.1) is 11.6 Å². The number of nitrogens with one attached hydrogen (secondary N) is 1. The largest absolute Gasteiger partial charge is 0.355 e. The Balaban J connectivity index is 2.34. The monoisotopic (exact) mass is 231 g/mol. The van der Waals surface area contributed by atoms with Crippen LogP contribution in [0.5, 0.6) is 0 Å². The molecule has 1 aliphatic carbocycles. The predicted octanol–water partition coefficient (Wildman–Crippen LogP) is 2.95. The van der Waals surface area contributed by atoms with E-state index in [0.717, 1.165) is 6.54 Å². The molecular formula is C12H22ClNO. The maximum absolute atomic E-state index is 11.8. The molecule has 1 aliphatic rings. The molecule has 0 unspecified atom stereocenters. The Bertz CT molecular complexity index is 234. The first-order valence-electron chi connectivity index (χ1n) is 5.80. The summed E-state index contributed by atoms with van der Waals surface area (Å²) in [6.07, 6.45) is 4.97. The summed E-state index contributed by atoms with van der Waals surface area (Å²) in [6, 6.07) is 0. The third-order valence-electron chi connectivity index (χ3n) is 3.31. The van der Waals surface area contributed by atoms with E-state index in [2.05, 4.69) is 12.2 Å². The molecular weight excluding hydrogens is 210 g/mol. The Kier molecular flexibility index (Phi) is 4.05. The molecule has 88 valence electrons. The Hall–Kier alpha value is -0.240. The van der Waals surface area contributed by atoms with Crippen LogP contribution in [0.1, 0.15) is 46.5 Å². The molecule has 0 heterocycles. The van der Waals surface area contributed by atoms with E-state index in [1.165, 1.54) is 25.7 Å². The molecule has 2 nitrogen and oxygen atoms in total. The number of carbonyl (C=O) groups is 1. The lowest BCUT2D eigenvalue weighted by atomic mass is 9.94. The van der Waals surface area contributed by atoms with Crippen LogP contribution in [-0.4, -0.2) is 18.3 Å². The molecule has 1 rings (SSSR count). The minimum Gasteiger partial charge on any atom is -0.355 e. The lowest BCUT2D eigenvalue weighted by Gasteiger charge is -2.23. The van der Waals surface area contributed by atoms with Gasteiger partial charge in [-0.25, -0.2) is 0 Å². The molecule has 0 saturated heterocycles. The van der Waals surface area contributed by atoms with Gasteiger partial charge in [0, 0.05) is 12.4 Å². The first-order valence-corrected chi connectivity index (χ1v) is 6.33. The van der Waals surface area contributed by atoms with E-state index in [4.69, 9.17) is 11.6 Å². The van der Waals surface area contributed by atoms with Gasteiger partial charge in [0.15, 0.2) is 0 Å². The molecule has 0 aromatic carbocycles. The second-order valence-corrected chi connectivity index (χ2v) is 5.72. The molecule has 0 atom stereocenters. The van der Waals surface area contributed by atoms with Gasteiger partial charge < -0.3 is 5.32 Å². The van der Waals surface area contributed by atoms with Crippen molar-refractivity contribution in [3.05, 3.63) is 0 Å². The van der Waals surface area contributed by atoms with Crippen LogP contribution in [0.4, 0.5) is 0 Å². The van der Waals surface area contributed by atoms with Gasteiger partial charge in [-0.05, 0) is 38.5 Å². The van der Waals surface area contributed by atoms with Crippen LogP contribution in [0, 0.1) is 10.8 Å². The van der Waals surface area contributed by atoms with Crippen LogP contribution in [-0.2, 0) is 4.79 Å². The van der Waals surface area contributed by atoms with E-state index < -0.39 is 5.41 Å². The highest BCUT2D eigenvalue weighted by Gasteiger charge is 2.42. The zero-order chi connectivity index (χ0) is 11.5. The summed E-state index contributed by atoms with van der Waals surface area (Å²) < 4.78 is 0. The molecule has 1 amide bonds. The van der Waals surface area contributed by atoms with E-state index in [-0.39, 0.29) is 5.91 Å². The summed E-state index contributed by atoms with van der Waals surface area (Å²) in [4.78, 5) is 11.8. The van der Waals surface area contributed by atoms with Crippen molar-refractivity contribution in [2.45, 2.75) is 46.5 Å². The molecule has 3 heteroatoms. The van der Waals surface area contributed by atoms with Crippen molar-refractivity contribution in [2.75, 3.05) is 12.4 Å². The van der Waals surface area contributed by atoms with Crippen molar-refractivity contribution < 1.29 is 4.79 Å². The number of amides is 1. The van der Waals surface area contributed by atoms with E-state index >= 15 is 0 Å². The highest BCUT2D eigenvalue weighted by Crippen LogP contribution is 2.49. The minimum absolute atomic E-state index is 0.0832. The second-order valence-electron chi connectivity index (χ2n) is 5.45. The molecule has 0 aromatic heterocycles. The standard InChI is InChI=1S/C12H22ClNO/c1-4-5-12(6-7-12)9-14-10(15)11(2,3)8-13/h4-9H2,1-3H3,(H,14,15). The third kappa shape index (κ3) is 3.37. The van der Waals surface area contributed by atoms with Crippen LogP contribution in [0.3, 0.4) is 0 Å².